The van der Waals surface area contributed by atoms with Crippen LogP contribution in [0.25, 0.3) is 0 Å². The fraction of sp³-hybridized carbons (Fsp3) is 0. The molecule has 0 saturated heterocycles. The van der Waals surface area contributed by atoms with Gasteiger partial charge in [-0.1, -0.05) is 0 Å². The van der Waals surface area contributed by atoms with Gasteiger partial charge >= 0.3 is 0 Å². The predicted octanol–water partition coefficient (Wildman–Crippen LogP) is -2.64. The molecule has 0 heterocycles. The average molecular weight is 201 g/mol. The quantitative estimate of drug-likeness (QED) is 0.376. The van der Waals surface area contributed by atoms with Gasteiger partial charge in [-0.05, 0) is 11.0 Å². The monoisotopic (exact) mass is 200 g/mol. The fourth-order valence-electron chi connectivity index (χ4n) is 0. The van der Waals surface area contributed by atoms with E-state index in [9.17, 15) is 0 Å². The van der Waals surface area contributed by atoms with Crippen molar-refractivity contribution in [3.05, 3.63) is 0 Å². The first-order valence-electron chi connectivity index (χ1n) is 0. The molecule has 0 aliphatic carbocycles. The predicted molar refractivity (Wildman–Crippen MR) is 21.3 cm³/mol. The molecule has 0 unspecified atom stereocenters. The molecule has 0 aromatic rings. The summed E-state index contributed by atoms with van der Waals surface area (Å²) in [6.45, 7) is 0. The van der Waals surface area contributed by atoms with E-state index in [1.54, 1.807) is 0 Å². The van der Waals surface area contributed by atoms with E-state index >= 15 is 0 Å². The molecule has 0 saturated carbocycles. The molecule has 0 atom stereocenters. The van der Waals surface area contributed by atoms with Gasteiger partial charge in [0.2, 0.25) is 0 Å². The van der Waals surface area contributed by atoms with Gasteiger partial charge in [0.15, 0.2) is 17.4 Å². The van der Waals surface area contributed by atoms with E-state index in [1.807, 2.05) is 0 Å². The summed E-state index contributed by atoms with van der Waals surface area (Å²) >= 11 is 0. The van der Waals surface area contributed by atoms with Crippen LogP contribution in [0.5, 0.6) is 0 Å². The minimum Gasteiger partial charge on any atom is -0.0149 e. The molecule has 0 aliphatic rings. The first kappa shape index (κ1) is 32.9. The summed E-state index contributed by atoms with van der Waals surface area (Å²) in [7, 11) is 0. The second-order valence-corrected chi connectivity index (χ2v) is 0. The van der Waals surface area contributed by atoms with Crippen LogP contribution in [0.3, 0.4) is 0 Å². The molecular weight excluding hydrogens is 194 g/mol. The van der Waals surface area contributed by atoms with Gasteiger partial charge < -0.3 is 0 Å². The van der Waals surface area contributed by atoms with E-state index in [0.29, 0.717) is 0 Å². The van der Waals surface area contributed by atoms with Gasteiger partial charge in [0.05, 0.1) is 0 Å². The van der Waals surface area contributed by atoms with Crippen molar-refractivity contribution < 1.29 is 47.9 Å². The van der Waals surface area contributed by atoms with Crippen molar-refractivity contribution in [1.29, 1.82) is 0 Å². The van der Waals surface area contributed by atoms with Gasteiger partial charge in [-0.25, -0.2) is 0 Å². The maximum Gasteiger partial charge on any atom is 0.187 e. The zero-order valence-corrected chi connectivity index (χ0v) is 5.02. The molecule has 0 radical (unpaired) electrons. The summed E-state index contributed by atoms with van der Waals surface area (Å²) in [5.74, 6) is 0. The zero-order valence-electron chi connectivity index (χ0n) is 1.00. The van der Waals surface area contributed by atoms with Crippen LogP contribution >= 0.6 is 0 Å². The molecule has 4 heteroatoms. The van der Waals surface area contributed by atoms with Crippen molar-refractivity contribution in [2.75, 3.05) is 0 Å². The Kier molecular flexibility index (Phi) is 151. The Balaban J connectivity index is 0. The SMILES string of the molecule is [AlH3].[SiH4].[Ti].[Zr]. The van der Waals surface area contributed by atoms with Crippen molar-refractivity contribution in [3.8, 4) is 0 Å². The summed E-state index contributed by atoms with van der Waals surface area (Å²) in [5, 5.41) is 0. The van der Waals surface area contributed by atoms with Crippen LogP contribution in [0.4, 0.5) is 0 Å². The molecule has 4 heavy (non-hydrogen) atoms. The molecule has 0 aliphatic heterocycles. The molecule has 0 bridgehead atoms. The summed E-state index contributed by atoms with van der Waals surface area (Å²) in [6, 6.07) is 0. The standard InChI is InChI=1S/Al.H4Si.Ti.Zr.3H/h;1H4;;;;;. The first-order valence-corrected chi connectivity index (χ1v) is 0. The summed E-state index contributed by atoms with van der Waals surface area (Å²) in [6.07, 6.45) is 0. The second kappa shape index (κ2) is 18.3. The fourth-order valence-corrected chi connectivity index (χ4v) is 0. The second-order valence-electron chi connectivity index (χ2n) is 0. The zero-order chi connectivity index (χ0) is 0. The number of hydrogen-bond acceptors (Lipinski definition) is 0. The number of rotatable bonds is 0. The summed E-state index contributed by atoms with van der Waals surface area (Å²) < 4.78 is 0. The van der Waals surface area contributed by atoms with Crippen molar-refractivity contribution >= 4 is 28.3 Å². The van der Waals surface area contributed by atoms with E-state index in [2.05, 4.69) is 0 Å². The summed E-state index contributed by atoms with van der Waals surface area (Å²) in [4.78, 5) is 0. The van der Waals surface area contributed by atoms with E-state index in [0.717, 1.165) is 0 Å². The maximum atomic E-state index is 0. The molecule has 0 nitrogen and oxygen atoms in total. The van der Waals surface area contributed by atoms with Crippen LogP contribution < -0.4 is 0 Å². The minimum absolute atomic E-state index is 0. The third-order valence-electron chi connectivity index (χ3n) is 0. The molecule has 0 fully saturated rings. The molecule has 0 aromatic carbocycles. The van der Waals surface area contributed by atoms with Crippen molar-refractivity contribution in [2.24, 2.45) is 0 Å². The molecular formula is H7AlSiTiZr. The van der Waals surface area contributed by atoms with Gasteiger partial charge in [-0.2, -0.15) is 0 Å². The van der Waals surface area contributed by atoms with E-state index in [-0.39, 0.29) is 76.2 Å². The van der Waals surface area contributed by atoms with Crippen LogP contribution in [-0.2, 0) is 47.9 Å². The van der Waals surface area contributed by atoms with E-state index in [1.165, 1.54) is 0 Å². The molecule has 0 amide bonds. The van der Waals surface area contributed by atoms with E-state index < -0.39 is 0 Å². The molecule has 0 aromatic heterocycles. The van der Waals surface area contributed by atoms with Crippen LogP contribution in [0.2, 0.25) is 0 Å². The Labute approximate surface area is 75.3 Å². The third kappa shape index (κ3) is 8.84. The van der Waals surface area contributed by atoms with Crippen LogP contribution in [0.1, 0.15) is 0 Å². The van der Waals surface area contributed by atoms with Crippen molar-refractivity contribution in [2.45, 2.75) is 0 Å². The Morgan fingerprint density at radius 1 is 1.00 bits per heavy atom. The normalized spacial score (nSPS) is 0. The van der Waals surface area contributed by atoms with Crippen LogP contribution in [-0.4, -0.2) is 28.3 Å². The van der Waals surface area contributed by atoms with Crippen molar-refractivity contribution in [1.82, 2.24) is 0 Å². The molecule has 22 valence electrons. The van der Waals surface area contributed by atoms with Gasteiger partial charge in [0.25, 0.3) is 0 Å². The molecule has 0 N–H and O–H groups in total. The van der Waals surface area contributed by atoms with Gasteiger partial charge in [0, 0.05) is 47.9 Å². The van der Waals surface area contributed by atoms with Gasteiger partial charge in [0.1, 0.15) is 0 Å². The smallest absolute Gasteiger partial charge is 0.0149 e. The topological polar surface area (TPSA) is 0 Å². The van der Waals surface area contributed by atoms with Crippen molar-refractivity contribution in [3.63, 3.8) is 0 Å². The Bertz CT molecular complexity index is 8.00. The van der Waals surface area contributed by atoms with Gasteiger partial charge in [-0.3, -0.25) is 0 Å². The Morgan fingerprint density at radius 3 is 1.00 bits per heavy atom. The van der Waals surface area contributed by atoms with E-state index in [4.69, 9.17) is 0 Å². The Morgan fingerprint density at radius 2 is 1.00 bits per heavy atom. The number of hydrogen-bond donors (Lipinski definition) is 0. The average Bonchev–Trinajstić information content (AvgIpc) is 0. The molecule has 0 rings (SSSR count). The first-order chi connectivity index (χ1) is 0. The summed E-state index contributed by atoms with van der Waals surface area (Å²) in [5.41, 5.74) is 0. The molecule has 0 spiro atoms. The van der Waals surface area contributed by atoms with Crippen LogP contribution in [0, 0.1) is 0 Å². The van der Waals surface area contributed by atoms with Crippen LogP contribution in [0.15, 0.2) is 0 Å². The largest absolute Gasteiger partial charge is 0.187 e. The van der Waals surface area contributed by atoms with Gasteiger partial charge in [-0.15, -0.1) is 0 Å². The minimum atomic E-state index is 0. The maximum absolute atomic E-state index is 0. The Hall–Kier alpha value is 2.35. The third-order valence-corrected chi connectivity index (χ3v) is 0.